The van der Waals surface area contributed by atoms with E-state index in [4.69, 9.17) is 9.97 Å². The summed E-state index contributed by atoms with van der Waals surface area (Å²) in [5, 5.41) is 0. The molecule has 1 atom stereocenters. The monoisotopic (exact) mass is 419 g/mol. The van der Waals surface area contributed by atoms with Crippen molar-refractivity contribution < 1.29 is 4.79 Å². The SMILES string of the molecule is Cc1nc(C2CCCCN2C(=O)C2CCCC2)nc2c1CCCN2Cc1ccccn1. The van der Waals surface area contributed by atoms with E-state index in [0.717, 1.165) is 87.6 Å². The van der Waals surface area contributed by atoms with Crippen LogP contribution in [0.3, 0.4) is 0 Å². The number of carbonyl (C=O) groups is 1. The number of amides is 1. The van der Waals surface area contributed by atoms with Gasteiger partial charge in [0, 0.05) is 36.5 Å². The molecule has 31 heavy (non-hydrogen) atoms. The number of rotatable bonds is 4. The van der Waals surface area contributed by atoms with E-state index in [0.29, 0.717) is 5.91 Å². The van der Waals surface area contributed by atoms with Gasteiger partial charge in [0.05, 0.1) is 18.3 Å². The summed E-state index contributed by atoms with van der Waals surface area (Å²) in [7, 11) is 0. The number of fused-ring (bicyclic) bond motifs is 1. The van der Waals surface area contributed by atoms with Gasteiger partial charge in [0.25, 0.3) is 0 Å². The largest absolute Gasteiger partial charge is 0.350 e. The van der Waals surface area contributed by atoms with Gasteiger partial charge < -0.3 is 9.80 Å². The second-order valence-corrected chi connectivity index (χ2v) is 9.34. The predicted octanol–water partition coefficient (Wildman–Crippen LogP) is 4.38. The van der Waals surface area contributed by atoms with Crippen LogP contribution >= 0.6 is 0 Å². The van der Waals surface area contributed by atoms with Crippen molar-refractivity contribution in [2.45, 2.75) is 77.3 Å². The van der Waals surface area contributed by atoms with Crippen LogP contribution in [0, 0.1) is 12.8 Å². The van der Waals surface area contributed by atoms with Crippen molar-refractivity contribution in [1.29, 1.82) is 0 Å². The number of anilines is 1. The molecular formula is C25H33N5O. The molecule has 2 fully saturated rings. The zero-order chi connectivity index (χ0) is 21.2. The van der Waals surface area contributed by atoms with Crippen molar-refractivity contribution in [2.24, 2.45) is 5.92 Å². The highest BCUT2D eigenvalue weighted by atomic mass is 16.2. The van der Waals surface area contributed by atoms with Crippen LogP contribution in [-0.2, 0) is 17.8 Å². The maximum atomic E-state index is 13.3. The summed E-state index contributed by atoms with van der Waals surface area (Å²) in [6.07, 6.45) is 11.6. The summed E-state index contributed by atoms with van der Waals surface area (Å²) in [6, 6.07) is 6.09. The third-order valence-corrected chi connectivity index (χ3v) is 7.23. The van der Waals surface area contributed by atoms with Crippen LogP contribution < -0.4 is 4.90 Å². The van der Waals surface area contributed by atoms with Crippen LogP contribution in [-0.4, -0.2) is 38.8 Å². The minimum absolute atomic E-state index is 0.0180. The Kier molecular flexibility index (Phi) is 5.88. The standard InChI is InChI=1S/C25H33N5O/c1-18-21-12-8-15-29(17-20-11-4-6-14-26-20)24(21)28-23(27-18)22-13-5-7-16-30(22)25(31)19-9-2-3-10-19/h4,6,11,14,19,22H,2-3,5,7-10,12-13,15-17H2,1H3. The topological polar surface area (TPSA) is 62.2 Å². The molecule has 3 aliphatic rings. The molecule has 1 unspecified atom stereocenters. The molecule has 164 valence electrons. The number of pyridine rings is 1. The molecule has 2 aromatic heterocycles. The van der Waals surface area contributed by atoms with Crippen molar-refractivity contribution in [2.75, 3.05) is 18.0 Å². The van der Waals surface area contributed by atoms with Gasteiger partial charge >= 0.3 is 0 Å². The van der Waals surface area contributed by atoms with E-state index in [1.54, 1.807) is 0 Å². The Balaban J connectivity index is 1.45. The minimum Gasteiger partial charge on any atom is -0.350 e. The van der Waals surface area contributed by atoms with Gasteiger partial charge in [0.1, 0.15) is 5.82 Å². The second kappa shape index (κ2) is 8.93. The van der Waals surface area contributed by atoms with Crippen LogP contribution in [0.2, 0.25) is 0 Å². The molecule has 0 aromatic carbocycles. The second-order valence-electron chi connectivity index (χ2n) is 9.34. The Hall–Kier alpha value is -2.50. The molecule has 0 radical (unpaired) electrons. The number of aromatic nitrogens is 3. The molecule has 1 aliphatic carbocycles. The van der Waals surface area contributed by atoms with Gasteiger partial charge in [-0.25, -0.2) is 9.97 Å². The molecule has 4 heterocycles. The summed E-state index contributed by atoms with van der Waals surface area (Å²) in [6.45, 7) is 4.70. The van der Waals surface area contributed by atoms with Crippen LogP contribution in [0.1, 0.15) is 80.2 Å². The van der Waals surface area contributed by atoms with Gasteiger partial charge in [-0.15, -0.1) is 0 Å². The normalized spacial score (nSPS) is 21.9. The number of carbonyl (C=O) groups excluding carboxylic acids is 1. The third-order valence-electron chi connectivity index (χ3n) is 7.23. The van der Waals surface area contributed by atoms with E-state index in [1.165, 1.54) is 18.4 Å². The number of piperidine rings is 1. The first kappa shape index (κ1) is 20.4. The lowest BCUT2D eigenvalue weighted by atomic mass is 9.97. The highest BCUT2D eigenvalue weighted by molar-refractivity contribution is 5.79. The molecule has 5 rings (SSSR count). The van der Waals surface area contributed by atoms with Crippen LogP contribution in [0.4, 0.5) is 5.82 Å². The maximum absolute atomic E-state index is 13.3. The van der Waals surface area contributed by atoms with Gasteiger partial charge in [-0.05, 0) is 64.0 Å². The van der Waals surface area contributed by atoms with Gasteiger partial charge in [-0.2, -0.15) is 0 Å². The third kappa shape index (κ3) is 4.17. The molecule has 2 aromatic rings. The highest BCUT2D eigenvalue weighted by Crippen LogP contribution is 2.36. The van der Waals surface area contributed by atoms with E-state index in [2.05, 4.69) is 27.8 Å². The molecule has 2 aliphatic heterocycles. The fourth-order valence-electron chi connectivity index (χ4n) is 5.57. The molecule has 1 saturated heterocycles. The van der Waals surface area contributed by atoms with Crippen LogP contribution in [0.15, 0.2) is 24.4 Å². The number of aryl methyl sites for hydroxylation is 1. The Morgan fingerprint density at radius 1 is 1.03 bits per heavy atom. The van der Waals surface area contributed by atoms with E-state index in [-0.39, 0.29) is 12.0 Å². The number of hydrogen-bond acceptors (Lipinski definition) is 5. The first-order chi connectivity index (χ1) is 15.2. The van der Waals surface area contributed by atoms with Gasteiger partial charge in [-0.3, -0.25) is 9.78 Å². The van der Waals surface area contributed by atoms with Gasteiger partial charge in [-0.1, -0.05) is 18.9 Å². The Morgan fingerprint density at radius 2 is 1.87 bits per heavy atom. The Labute approximate surface area is 185 Å². The average molecular weight is 420 g/mol. The number of hydrogen-bond donors (Lipinski definition) is 0. The molecule has 6 heteroatoms. The molecule has 0 spiro atoms. The summed E-state index contributed by atoms with van der Waals surface area (Å²) >= 11 is 0. The average Bonchev–Trinajstić information content (AvgIpc) is 3.35. The summed E-state index contributed by atoms with van der Waals surface area (Å²) in [4.78, 5) is 32.4. The lowest BCUT2D eigenvalue weighted by Crippen LogP contribution is -2.42. The zero-order valence-electron chi connectivity index (χ0n) is 18.6. The molecule has 0 N–H and O–H groups in total. The summed E-state index contributed by atoms with van der Waals surface area (Å²) in [5.74, 6) is 2.44. The lowest BCUT2D eigenvalue weighted by Gasteiger charge is -2.38. The predicted molar refractivity (Wildman–Crippen MR) is 121 cm³/mol. The molecule has 6 nitrogen and oxygen atoms in total. The minimum atomic E-state index is 0.0180. The highest BCUT2D eigenvalue weighted by Gasteiger charge is 2.36. The number of likely N-dealkylation sites (tertiary alicyclic amines) is 1. The Bertz CT molecular complexity index is 925. The van der Waals surface area contributed by atoms with Crippen molar-refractivity contribution in [3.8, 4) is 0 Å². The van der Waals surface area contributed by atoms with E-state index >= 15 is 0 Å². The smallest absolute Gasteiger partial charge is 0.226 e. The molecule has 1 saturated carbocycles. The molecular weight excluding hydrogens is 386 g/mol. The first-order valence-electron chi connectivity index (χ1n) is 12.0. The van der Waals surface area contributed by atoms with Crippen LogP contribution in [0.5, 0.6) is 0 Å². The van der Waals surface area contributed by atoms with E-state index in [1.807, 2.05) is 18.3 Å². The van der Waals surface area contributed by atoms with Crippen molar-refractivity contribution in [3.63, 3.8) is 0 Å². The maximum Gasteiger partial charge on any atom is 0.226 e. The summed E-state index contributed by atoms with van der Waals surface area (Å²) < 4.78 is 0. The fraction of sp³-hybridized carbons (Fsp3) is 0.600. The van der Waals surface area contributed by atoms with Crippen molar-refractivity contribution in [1.82, 2.24) is 19.9 Å². The molecule has 1 amide bonds. The molecule has 0 bridgehead atoms. The lowest BCUT2D eigenvalue weighted by molar-refractivity contribution is -0.139. The van der Waals surface area contributed by atoms with Crippen LogP contribution in [0.25, 0.3) is 0 Å². The van der Waals surface area contributed by atoms with Gasteiger partial charge in [0.15, 0.2) is 5.82 Å². The number of nitrogens with zero attached hydrogens (tertiary/aromatic N) is 5. The summed E-state index contributed by atoms with van der Waals surface area (Å²) in [5.41, 5.74) is 3.39. The Morgan fingerprint density at radius 3 is 2.68 bits per heavy atom. The van der Waals surface area contributed by atoms with E-state index < -0.39 is 0 Å². The van der Waals surface area contributed by atoms with Crippen molar-refractivity contribution in [3.05, 3.63) is 47.2 Å². The van der Waals surface area contributed by atoms with Crippen molar-refractivity contribution >= 4 is 11.7 Å². The first-order valence-corrected chi connectivity index (χ1v) is 12.0. The fourth-order valence-corrected chi connectivity index (χ4v) is 5.57. The van der Waals surface area contributed by atoms with E-state index in [9.17, 15) is 4.79 Å². The zero-order valence-corrected chi connectivity index (χ0v) is 18.6. The quantitative estimate of drug-likeness (QED) is 0.736. The van der Waals surface area contributed by atoms with Gasteiger partial charge in [0.2, 0.25) is 5.91 Å².